The Bertz CT molecular complexity index is 752. The lowest BCUT2D eigenvalue weighted by Crippen LogP contribution is -2.15. The highest BCUT2D eigenvalue weighted by Crippen LogP contribution is 2.20. The summed E-state index contributed by atoms with van der Waals surface area (Å²) in [6.45, 7) is 0. The van der Waals surface area contributed by atoms with Crippen LogP contribution in [-0.4, -0.2) is 30.3 Å². The molecule has 0 aliphatic carbocycles. The summed E-state index contributed by atoms with van der Waals surface area (Å²) in [6, 6.07) is 4.77. The molecule has 3 N–H and O–H groups in total. The number of nitrogens with two attached hydrogens (primary N) is 1. The van der Waals surface area contributed by atoms with Crippen LogP contribution in [0, 0.1) is 5.41 Å². The van der Waals surface area contributed by atoms with Crippen molar-refractivity contribution in [2.75, 3.05) is 6.26 Å². The predicted molar refractivity (Wildman–Crippen MR) is 72.7 cm³/mol. The summed E-state index contributed by atoms with van der Waals surface area (Å²) in [6.07, 6.45) is 3.71. The van der Waals surface area contributed by atoms with Crippen LogP contribution < -0.4 is 5.73 Å². The maximum absolute atomic E-state index is 11.4. The van der Waals surface area contributed by atoms with E-state index in [9.17, 15) is 8.42 Å². The predicted octanol–water partition coefficient (Wildman–Crippen LogP) is 1.21. The number of aromatic nitrogens is 2. The average Bonchev–Trinajstić information content (AvgIpc) is 2.77. The van der Waals surface area contributed by atoms with Gasteiger partial charge in [0.15, 0.2) is 9.84 Å². The van der Waals surface area contributed by atoms with Crippen LogP contribution in [0.15, 0.2) is 35.5 Å². The Hall–Kier alpha value is -1.86. The van der Waals surface area contributed by atoms with Crippen LogP contribution in [0.2, 0.25) is 5.02 Å². The largest absolute Gasteiger partial charge is 0.384 e. The van der Waals surface area contributed by atoms with Crippen molar-refractivity contribution in [1.29, 1.82) is 5.41 Å². The van der Waals surface area contributed by atoms with E-state index in [0.29, 0.717) is 16.3 Å². The number of nitrogens with zero attached hydrogens (tertiary/aromatic N) is 2. The van der Waals surface area contributed by atoms with Gasteiger partial charge in [0.05, 0.1) is 11.9 Å². The van der Waals surface area contributed by atoms with Crippen LogP contribution in [0.25, 0.3) is 5.69 Å². The topological polar surface area (TPSA) is 102 Å². The minimum atomic E-state index is -3.33. The van der Waals surface area contributed by atoms with Crippen molar-refractivity contribution < 1.29 is 8.42 Å². The smallest absolute Gasteiger partial charge is 0.178 e. The average molecular weight is 299 g/mol. The summed E-state index contributed by atoms with van der Waals surface area (Å²) in [4.78, 5) is 0.0944. The van der Waals surface area contributed by atoms with Gasteiger partial charge in [-0.05, 0) is 18.2 Å². The molecule has 0 saturated heterocycles. The third-order valence-corrected chi connectivity index (χ3v) is 3.78. The fourth-order valence-corrected chi connectivity index (χ4v) is 2.26. The Balaban J connectivity index is 2.60. The second kappa shape index (κ2) is 4.67. The Labute approximate surface area is 115 Å². The minimum Gasteiger partial charge on any atom is -0.384 e. The second-order valence-electron chi connectivity index (χ2n) is 3.97. The van der Waals surface area contributed by atoms with Crippen molar-refractivity contribution >= 4 is 27.3 Å². The molecule has 6 nitrogen and oxygen atoms in total. The first kappa shape index (κ1) is 13.6. The molecular formula is C11H11ClN4O2S. The number of benzene rings is 1. The maximum Gasteiger partial charge on any atom is 0.178 e. The molecule has 0 spiro atoms. The van der Waals surface area contributed by atoms with Crippen molar-refractivity contribution in [3.05, 3.63) is 41.2 Å². The Morgan fingerprint density at radius 3 is 2.68 bits per heavy atom. The van der Waals surface area contributed by atoms with Gasteiger partial charge in [-0.15, -0.1) is 0 Å². The molecule has 1 aromatic carbocycles. The molecule has 0 bridgehead atoms. The Kier molecular flexibility index (Phi) is 3.34. The fourth-order valence-electron chi connectivity index (χ4n) is 1.55. The normalized spacial score (nSPS) is 11.5. The zero-order chi connectivity index (χ0) is 14.2. The van der Waals surface area contributed by atoms with Crippen LogP contribution >= 0.6 is 11.6 Å². The van der Waals surface area contributed by atoms with Gasteiger partial charge in [0.1, 0.15) is 10.7 Å². The number of nitrogens with one attached hydrogen (secondary N) is 1. The zero-order valence-corrected chi connectivity index (χ0v) is 11.5. The summed E-state index contributed by atoms with van der Waals surface area (Å²) >= 11 is 5.85. The van der Waals surface area contributed by atoms with E-state index >= 15 is 0 Å². The Morgan fingerprint density at radius 1 is 1.47 bits per heavy atom. The monoisotopic (exact) mass is 298 g/mol. The van der Waals surface area contributed by atoms with Crippen molar-refractivity contribution in [1.82, 2.24) is 9.78 Å². The van der Waals surface area contributed by atoms with Gasteiger partial charge in [0.2, 0.25) is 0 Å². The van der Waals surface area contributed by atoms with E-state index < -0.39 is 9.84 Å². The summed E-state index contributed by atoms with van der Waals surface area (Å²) in [5.74, 6) is -0.172. The summed E-state index contributed by atoms with van der Waals surface area (Å²) in [5.41, 5.74) is 6.36. The van der Waals surface area contributed by atoms with Crippen molar-refractivity contribution in [2.24, 2.45) is 5.73 Å². The molecule has 0 aliphatic rings. The lowest BCUT2D eigenvalue weighted by Gasteiger charge is -2.08. The highest BCUT2D eigenvalue weighted by molar-refractivity contribution is 7.90. The quantitative estimate of drug-likeness (QED) is 0.657. The number of hydrogen-bond acceptors (Lipinski definition) is 4. The van der Waals surface area contributed by atoms with E-state index in [1.54, 1.807) is 12.1 Å². The van der Waals surface area contributed by atoms with E-state index in [-0.39, 0.29) is 10.7 Å². The molecule has 0 fully saturated rings. The fraction of sp³-hybridized carbons (Fsp3) is 0.0909. The molecule has 0 aliphatic heterocycles. The molecule has 0 saturated carbocycles. The number of halogens is 1. The first-order chi connectivity index (χ1) is 8.79. The second-order valence-corrected chi connectivity index (χ2v) is 6.42. The van der Waals surface area contributed by atoms with Crippen LogP contribution in [0.4, 0.5) is 0 Å². The van der Waals surface area contributed by atoms with Gasteiger partial charge >= 0.3 is 0 Å². The van der Waals surface area contributed by atoms with E-state index in [2.05, 4.69) is 5.10 Å². The molecule has 2 rings (SSSR count). The zero-order valence-electron chi connectivity index (χ0n) is 9.96. The molecule has 19 heavy (non-hydrogen) atoms. The van der Waals surface area contributed by atoms with E-state index in [0.717, 1.165) is 6.26 Å². The van der Waals surface area contributed by atoms with Gasteiger partial charge in [-0.1, -0.05) is 11.6 Å². The molecule has 0 atom stereocenters. The molecule has 0 radical (unpaired) electrons. The highest BCUT2D eigenvalue weighted by Gasteiger charge is 2.14. The van der Waals surface area contributed by atoms with Gasteiger partial charge < -0.3 is 5.73 Å². The lowest BCUT2D eigenvalue weighted by molar-refractivity contribution is 0.602. The first-order valence-corrected chi connectivity index (χ1v) is 7.45. The molecular weight excluding hydrogens is 288 g/mol. The molecule has 100 valence electrons. The summed E-state index contributed by atoms with van der Waals surface area (Å²) in [5, 5.41) is 11.9. The number of hydrogen-bond donors (Lipinski definition) is 2. The lowest BCUT2D eigenvalue weighted by atomic mass is 10.1. The van der Waals surface area contributed by atoms with Crippen LogP contribution in [0.3, 0.4) is 0 Å². The number of amidine groups is 1. The van der Waals surface area contributed by atoms with Gasteiger partial charge in [0, 0.05) is 23.0 Å². The minimum absolute atomic E-state index is 0.0944. The first-order valence-electron chi connectivity index (χ1n) is 5.18. The van der Waals surface area contributed by atoms with Gasteiger partial charge in [-0.25, -0.2) is 13.1 Å². The Morgan fingerprint density at radius 2 is 2.16 bits per heavy atom. The van der Waals surface area contributed by atoms with E-state index in [4.69, 9.17) is 22.7 Å². The van der Waals surface area contributed by atoms with Crippen molar-refractivity contribution in [3.63, 3.8) is 0 Å². The molecule has 0 amide bonds. The van der Waals surface area contributed by atoms with Crippen molar-refractivity contribution in [3.8, 4) is 5.69 Å². The summed E-state index contributed by atoms with van der Waals surface area (Å²) in [7, 11) is -3.33. The number of rotatable bonds is 3. The SMILES string of the molecule is CS(=O)(=O)c1cnn(-c2ccc(Cl)cc2C(=N)N)c1. The van der Waals surface area contributed by atoms with E-state index in [1.807, 2.05) is 0 Å². The number of sulfone groups is 1. The van der Waals surface area contributed by atoms with Gasteiger partial charge in [-0.3, -0.25) is 5.41 Å². The molecule has 2 aromatic rings. The number of nitrogen functional groups attached to an aromatic ring is 1. The standard InChI is InChI=1S/C11H11ClN4O2S/c1-19(17,18)8-5-15-16(6-8)10-3-2-7(12)4-9(10)11(13)14/h2-6H,1H3,(H3,13,14). The van der Waals surface area contributed by atoms with Crippen LogP contribution in [-0.2, 0) is 9.84 Å². The van der Waals surface area contributed by atoms with Crippen LogP contribution in [0.1, 0.15) is 5.56 Å². The highest BCUT2D eigenvalue weighted by atomic mass is 35.5. The molecule has 8 heteroatoms. The van der Waals surface area contributed by atoms with Crippen molar-refractivity contribution in [2.45, 2.75) is 4.90 Å². The summed E-state index contributed by atoms with van der Waals surface area (Å²) < 4.78 is 24.2. The van der Waals surface area contributed by atoms with Gasteiger partial charge in [-0.2, -0.15) is 5.10 Å². The third-order valence-electron chi connectivity index (χ3n) is 2.48. The third kappa shape index (κ3) is 2.77. The maximum atomic E-state index is 11.4. The molecule has 1 heterocycles. The van der Waals surface area contributed by atoms with E-state index in [1.165, 1.54) is 23.1 Å². The van der Waals surface area contributed by atoms with Gasteiger partial charge in [0.25, 0.3) is 0 Å². The van der Waals surface area contributed by atoms with Crippen LogP contribution in [0.5, 0.6) is 0 Å². The molecule has 1 aromatic heterocycles. The molecule has 0 unspecified atom stereocenters.